The lowest BCUT2D eigenvalue weighted by molar-refractivity contribution is 0.153. The molecule has 1 aromatic carbocycles. The molecule has 1 atom stereocenters. The van der Waals surface area contributed by atoms with Crippen LogP contribution in [-0.2, 0) is 9.53 Å². The fourth-order valence-electron chi connectivity index (χ4n) is 1.15. The normalized spacial score (nSPS) is 12.5. The fraction of sp³-hybridized carbons (Fsp3) is 0.300. The maximum atomic E-state index is 13.0. The van der Waals surface area contributed by atoms with E-state index in [0.29, 0.717) is 11.1 Å². The lowest BCUT2D eigenvalue weighted by Crippen LogP contribution is -2.05. The Morgan fingerprint density at radius 2 is 2.23 bits per heavy atom. The van der Waals surface area contributed by atoms with Gasteiger partial charge in [-0.1, -0.05) is 12.1 Å². The van der Waals surface area contributed by atoms with E-state index in [0.717, 1.165) is 0 Å². The summed E-state index contributed by atoms with van der Waals surface area (Å²) in [7, 11) is 1.39. The van der Waals surface area contributed by atoms with Crippen LogP contribution in [0.2, 0.25) is 0 Å². The molecule has 0 aliphatic heterocycles. The molecule has 0 spiro atoms. The molecule has 0 unspecified atom stereocenters. The maximum absolute atomic E-state index is 13.0. The molecule has 0 amide bonds. The highest BCUT2D eigenvalue weighted by atomic mass is 19.1. The summed E-state index contributed by atoms with van der Waals surface area (Å²) in [6.45, 7) is 1.61. The van der Waals surface area contributed by atoms with Crippen LogP contribution in [0, 0.1) is 12.7 Å². The van der Waals surface area contributed by atoms with E-state index in [1.807, 2.05) is 0 Å². The van der Waals surface area contributed by atoms with Gasteiger partial charge < -0.3 is 4.74 Å². The van der Waals surface area contributed by atoms with Gasteiger partial charge in [-0.3, -0.25) is 4.79 Å². The van der Waals surface area contributed by atoms with Crippen molar-refractivity contribution >= 4 is 6.29 Å². The van der Waals surface area contributed by atoms with Gasteiger partial charge in [0.05, 0.1) is 0 Å². The molecule has 0 heterocycles. The minimum Gasteiger partial charge on any atom is -0.368 e. The molecule has 3 heteroatoms. The van der Waals surface area contributed by atoms with Crippen LogP contribution in [0.1, 0.15) is 17.2 Å². The summed E-state index contributed by atoms with van der Waals surface area (Å²) in [5.41, 5.74) is 0.954. The molecule has 0 saturated carbocycles. The molecule has 0 saturated heterocycles. The summed E-state index contributed by atoms with van der Waals surface area (Å²) < 4.78 is 17.9. The van der Waals surface area contributed by atoms with Crippen LogP contribution in [0.15, 0.2) is 18.2 Å². The predicted molar refractivity (Wildman–Crippen MR) is 46.6 cm³/mol. The van der Waals surface area contributed by atoms with Gasteiger partial charge in [0.25, 0.3) is 0 Å². The Labute approximate surface area is 76.3 Å². The topological polar surface area (TPSA) is 26.3 Å². The summed E-state index contributed by atoms with van der Waals surface area (Å²) in [5, 5.41) is 0. The summed E-state index contributed by atoms with van der Waals surface area (Å²) in [4.78, 5) is 10.4. The van der Waals surface area contributed by atoms with Crippen LogP contribution >= 0.6 is 0 Å². The van der Waals surface area contributed by atoms with E-state index in [2.05, 4.69) is 0 Å². The van der Waals surface area contributed by atoms with Crippen molar-refractivity contribution in [1.29, 1.82) is 0 Å². The SMILES string of the molecule is CO[C@H]([C]=O)c1cccc(F)c1C. The number of carbonyl (C=O) groups excluding carboxylic acids is 1. The summed E-state index contributed by atoms with van der Waals surface area (Å²) in [6.07, 6.45) is 0.902. The lowest BCUT2D eigenvalue weighted by atomic mass is 10.0. The number of rotatable bonds is 3. The standard InChI is InChI=1S/C10H10FO2/c1-7-8(10(6-12)13-2)4-3-5-9(7)11/h3-5,10H,1-2H3/t10-/m1/s1. The zero-order valence-electron chi connectivity index (χ0n) is 7.50. The van der Waals surface area contributed by atoms with Gasteiger partial charge in [0.1, 0.15) is 11.9 Å². The van der Waals surface area contributed by atoms with E-state index in [1.165, 1.54) is 13.2 Å². The first-order valence-electron chi connectivity index (χ1n) is 3.86. The minimum absolute atomic E-state index is 0.338. The Kier molecular flexibility index (Phi) is 3.14. The van der Waals surface area contributed by atoms with Gasteiger partial charge in [-0.15, -0.1) is 0 Å². The monoisotopic (exact) mass is 181 g/mol. The maximum Gasteiger partial charge on any atom is 0.234 e. The van der Waals surface area contributed by atoms with Crippen molar-refractivity contribution in [3.63, 3.8) is 0 Å². The van der Waals surface area contributed by atoms with Crippen molar-refractivity contribution in [2.24, 2.45) is 0 Å². The molecule has 1 aromatic rings. The lowest BCUT2D eigenvalue weighted by Gasteiger charge is -2.10. The van der Waals surface area contributed by atoms with E-state index in [1.54, 1.807) is 25.3 Å². The zero-order chi connectivity index (χ0) is 9.84. The Bertz CT molecular complexity index is 310. The summed E-state index contributed by atoms with van der Waals surface area (Å²) in [6, 6.07) is 4.54. The third-order valence-electron chi connectivity index (χ3n) is 1.93. The fourth-order valence-corrected chi connectivity index (χ4v) is 1.15. The third kappa shape index (κ3) is 1.92. The first-order valence-corrected chi connectivity index (χ1v) is 3.86. The highest BCUT2D eigenvalue weighted by Gasteiger charge is 2.14. The molecule has 0 aliphatic rings. The number of ether oxygens (including phenoxy) is 1. The Hall–Kier alpha value is -1.22. The predicted octanol–water partition coefficient (Wildman–Crippen LogP) is 1.93. The largest absolute Gasteiger partial charge is 0.368 e. The highest BCUT2D eigenvalue weighted by molar-refractivity contribution is 5.61. The van der Waals surface area contributed by atoms with Crippen molar-refractivity contribution < 1.29 is 13.9 Å². The Balaban J connectivity index is 3.13. The van der Waals surface area contributed by atoms with Crippen LogP contribution < -0.4 is 0 Å². The van der Waals surface area contributed by atoms with Crippen molar-refractivity contribution in [3.05, 3.63) is 35.1 Å². The third-order valence-corrected chi connectivity index (χ3v) is 1.93. The van der Waals surface area contributed by atoms with E-state index < -0.39 is 6.10 Å². The molecule has 2 nitrogen and oxygen atoms in total. The first kappa shape index (κ1) is 9.86. The van der Waals surface area contributed by atoms with Crippen molar-refractivity contribution in [1.82, 2.24) is 0 Å². The van der Waals surface area contributed by atoms with Crippen LogP contribution in [0.25, 0.3) is 0 Å². The minimum atomic E-state index is -0.796. The second-order valence-electron chi connectivity index (χ2n) is 2.69. The average Bonchev–Trinajstić information content (AvgIpc) is 2.14. The van der Waals surface area contributed by atoms with Gasteiger partial charge in [-0.25, -0.2) is 4.39 Å². The van der Waals surface area contributed by atoms with E-state index in [-0.39, 0.29) is 5.82 Å². The average molecular weight is 181 g/mol. The number of methoxy groups -OCH3 is 1. The van der Waals surface area contributed by atoms with Crippen LogP contribution in [-0.4, -0.2) is 13.4 Å². The Morgan fingerprint density at radius 3 is 2.77 bits per heavy atom. The molecular weight excluding hydrogens is 171 g/mol. The molecule has 0 aromatic heterocycles. The quantitative estimate of drug-likeness (QED) is 0.712. The summed E-state index contributed by atoms with van der Waals surface area (Å²) in [5.74, 6) is -0.338. The molecule has 69 valence electrons. The first-order chi connectivity index (χ1) is 6.20. The van der Waals surface area contributed by atoms with Gasteiger partial charge in [0, 0.05) is 7.11 Å². The van der Waals surface area contributed by atoms with Crippen molar-refractivity contribution in [2.75, 3.05) is 7.11 Å². The van der Waals surface area contributed by atoms with Gasteiger partial charge in [-0.2, -0.15) is 0 Å². The van der Waals surface area contributed by atoms with Gasteiger partial charge in [0.2, 0.25) is 6.29 Å². The molecule has 0 bridgehead atoms. The molecular formula is C10H10FO2. The van der Waals surface area contributed by atoms with Crippen LogP contribution in [0.3, 0.4) is 0 Å². The van der Waals surface area contributed by atoms with Gasteiger partial charge >= 0.3 is 0 Å². The highest BCUT2D eigenvalue weighted by Crippen LogP contribution is 2.20. The number of hydrogen-bond acceptors (Lipinski definition) is 2. The molecule has 1 rings (SSSR count). The smallest absolute Gasteiger partial charge is 0.234 e. The van der Waals surface area contributed by atoms with E-state index in [4.69, 9.17) is 4.74 Å². The molecule has 0 N–H and O–H groups in total. The molecule has 1 radical (unpaired) electrons. The Morgan fingerprint density at radius 1 is 1.54 bits per heavy atom. The van der Waals surface area contributed by atoms with E-state index >= 15 is 0 Å². The van der Waals surface area contributed by atoms with Crippen LogP contribution in [0.4, 0.5) is 4.39 Å². The van der Waals surface area contributed by atoms with Crippen LogP contribution in [0.5, 0.6) is 0 Å². The number of benzene rings is 1. The summed E-state index contributed by atoms with van der Waals surface area (Å²) >= 11 is 0. The van der Waals surface area contributed by atoms with E-state index in [9.17, 15) is 9.18 Å². The van der Waals surface area contributed by atoms with Crippen molar-refractivity contribution in [3.8, 4) is 0 Å². The molecule has 0 fully saturated rings. The zero-order valence-corrected chi connectivity index (χ0v) is 7.50. The van der Waals surface area contributed by atoms with Crippen molar-refractivity contribution in [2.45, 2.75) is 13.0 Å². The second-order valence-corrected chi connectivity index (χ2v) is 2.69. The second kappa shape index (κ2) is 4.14. The number of hydrogen-bond donors (Lipinski definition) is 0. The molecule has 0 aliphatic carbocycles. The molecule has 13 heavy (non-hydrogen) atoms. The number of halogens is 1. The van der Waals surface area contributed by atoms with Gasteiger partial charge in [0.15, 0.2) is 0 Å². The van der Waals surface area contributed by atoms with Gasteiger partial charge in [-0.05, 0) is 24.1 Å².